The zero-order valence-electron chi connectivity index (χ0n) is 13.7. The van der Waals surface area contributed by atoms with Gasteiger partial charge >= 0.3 is 0 Å². The summed E-state index contributed by atoms with van der Waals surface area (Å²) in [5.74, 6) is 0.938. The molecule has 5 heteroatoms. The normalized spacial score (nSPS) is 12.3. The Hall–Kier alpha value is -2.14. The summed E-state index contributed by atoms with van der Waals surface area (Å²) in [6.07, 6.45) is 2.74. The molecule has 0 bridgehead atoms. The van der Waals surface area contributed by atoms with Gasteiger partial charge in [0.05, 0.1) is 6.21 Å². The van der Waals surface area contributed by atoms with Crippen molar-refractivity contribution in [3.63, 3.8) is 0 Å². The molecule has 1 aromatic heterocycles. The lowest BCUT2D eigenvalue weighted by molar-refractivity contribution is -0.123. The first-order valence-electron chi connectivity index (χ1n) is 7.69. The SMILES string of the molecule is CCC(C)c1ccc(OCC(=O)NN=Cc2ccc(C)s2)cc1. The molecule has 0 aliphatic heterocycles. The van der Waals surface area contributed by atoms with Crippen LogP contribution in [-0.4, -0.2) is 18.7 Å². The van der Waals surface area contributed by atoms with E-state index in [0.29, 0.717) is 11.7 Å². The molecule has 1 heterocycles. The predicted octanol–water partition coefficient (Wildman–Crippen LogP) is 4.10. The van der Waals surface area contributed by atoms with Gasteiger partial charge in [0.15, 0.2) is 6.61 Å². The summed E-state index contributed by atoms with van der Waals surface area (Å²) in [5, 5.41) is 3.92. The van der Waals surface area contributed by atoms with Crippen molar-refractivity contribution < 1.29 is 9.53 Å². The van der Waals surface area contributed by atoms with Crippen LogP contribution >= 0.6 is 11.3 Å². The molecule has 0 spiro atoms. The van der Waals surface area contributed by atoms with Crippen LogP contribution in [0.3, 0.4) is 0 Å². The summed E-state index contributed by atoms with van der Waals surface area (Å²) >= 11 is 1.62. The van der Waals surface area contributed by atoms with Gasteiger partial charge in [0.1, 0.15) is 5.75 Å². The van der Waals surface area contributed by atoms with Crippen molar-refractivity contribution in [2.24, 2.45) is 5.10 Å². The van der Waals surface area contributed by atoms with Crippen molar-refractivity contribution in [2.45, 2.75) is 33.1 Å². The molecule has 0 fully saturated rings. The van der Waals surface area contributed by atoms with E-state index in [0.717, 1.165) is 11.3 Å². The number of benzene rings is 1. The molecule has 1 unspecified atom stereocenters. The fraction of sp³-hybridized carbons (Fsp3) is 0.333. The van der Waals surface area contributed by atoms with Crippen LogP contribution in [0.15, 0.2) is 41.5 Å². The second-order valence-electron chi connectivity index (χ2n) is 5.41. The van der Waals surface area contributed by atoms with Crippen LogP contribution in [0.4, 0.5) is 0 Å². The molecule has 0 saturated carbocycles. The third-order valence-electron chi connectivity index (χ3n) is 3.57. The quantitative estimate of drug-likeness (QED) is 0.614. The van der Waals surface area contributed by atoms with Crippen LogP contribution in [0.2, 0.25) is 0 Å². The van der Waals surface area contributed by atoms with Crippen LogP contribution in [0.5, 0.6) is 5.75 Å². The number of carbonyl (C=O) groups is 1. The highest BCUT2D eigenvalue weighted by molar-refractivity contribution is 7.13. The third-order valence-corrected chi connectivity index (χ3v) is 4.51. The lowest BCUT2D eigenvalue weighted by atomic mass is 9.99. The number of amides is 1. The largest absolute Gasteiger partial charge is 0.484 e. The molecule has 1 amide bonds. The van der Waals surface area contributed by atoms with E-state index in [4.69, 9.17) is 4.74 Å². The molecule has 0 radical (unpaired) electrons. The minimum absolute atomic E-state index is 0.0521. The van der Waals surface area contributed by atoms with E-state index < -0.39 is 0 Å². The van der Waals surface area contributed by atoms with Gasteiger partial charge in [-0.05, 0) is 49.1 Å². The lowest BCUT2D eigenvalue weighted by Crippen LogP contribution is -2.24. The molecule has 0 aliphatic carbocycles. The van der Waals surface area contributed by atoms with E-state index in [-0.39, 0.29) is 12.5 Å². The Kier molecular flexibility index (Phi) is 6.35. The molecule has 4 nitrogen and oxygen atoms in total. The fourth-order valence-corrected chi connectivity index (χ4v) is 2.75. The molecule has 1 aromatic carbocycles. The molecule has 23 heavy (non-hydrogen) atoms. The molecular weight excluding hydrogens is 308 g/mol. The monoisotopic (exact) mass is 330 g/mol. The van der Waals surface area contributed by atoms with Gasteiger partial charge in [0, 0.05) is 9.75 Å². The number of ether oxygens (including phenoxy) is 1. The number of rotatable bonds is 7. The molecule has 2 aromatic rings. The standard InChI is InChI=1S/C18H22N2O2S/c1-4-13(2)15-6-8-16(9-7-15)22-12-18(21)20-19-11-17-10-5-14(3)23-17/h5-11,13H,4,12H2,1-3H3,(H,20,21). The Morgan fingerprint density at radius 2 is 2.04 bits per heavy atom. The van der Waals surface area contributed by atoms with E-state index in [1.807, 2.05) is 43.3 Å². The average molecular weight is 330 g/mol. The summed E-state index contributed by atoms with van der Waals surface area (Å²) in [5.41, 5.74) is 3.74. The molecule has 2 rings (SSSR count). The topological polar surface area (TPSA) is 50.7 Å². The Balaban J connectivity index is 1.76. The fourth-order valence-electron chi connectivity index (χ4n) is 2.00. The van der Waals surface area contributed by atoms with Gasteiger partial charge in [0.2, 0.25) is 0 Å². The number of thiophene rings is 1. The number of carbonyl (C=O) groups excluding carboxylic acids is 1. The molecule has 0 aliphatic rings. The predicted molar refractivity (Wildman–Crippen MR) is 95.4 cm³/mol. The number of nitrogens with zero attached hydrogens (tertiary/aromatic N) is 1. The smallest absolute Gasteiger partial charge is 0.277 e. The maximum atomic E-state index is 11.7. The van der Waals surface area contributed by atoms with Gasteiger partial charge in [-0.2, -0.15) is 5.10 Å². The number of hydrogen-bond acceptors (Lipinski definition) is 4. The highest BCUT2D eigenvalue weighted by Crippen LogP contribution is 2.21. The number of aryl methyl sites for hydroxylation is 1. The van der Waals surface area contributed by atoms with Gasteiger partial charge in [-0.15, -0.1) is 11.3 Å². The van der Waals surface area contributed by atoms with Crippen molar-refractivity contribution >= 4 is 23.5 Å². The highest BCUT2D eigenvalue weighted by atomic mass is 32.1. The first-order valence-corrected chi connectivity index (χ1v) is 8.51. The Morgan fingerprint density at radius 1 is 1.30 bits per heavy atom. The Morgan fingerprint density at radius 3 is 2.65 bits per heavy atom. The van der Waals surface area contributed by atoms with E-state index in [9.17, 15) is 4.79 Å². The van der Waals surface area contributed by atoms with E-state index in [2.05, 4.69) is 24.4 Å². The summed E-state index contributed by atoms with van der Waals surface area (Å²) < 4.78 is 5.46. The van der Waals surface area contributed by atoms with Crippen molar-refractivity contribution in [2.75, 3.05) is 6.61 Å². The maximum absolute atomic E-state index is 11.7. The van der Waals surface area contributed by atoms with Gasteiger partial charge in [-0.25, -0.2) is 5.43 Å². The van der Waals surface area contributed by atoms with Gasteiger partial charge in [-0.1, -0.05) is 26.0 Å². The number of nitrogens with one attached hydrogen (secondary N) is 1. The lowest BCUT2D eigenvalue weighted by Gasteiger charge is -2.10. The minimum atomic E-state index is -0.277. The van der Waals surface area contributed by atoms with E-state index >= 15 is 0 Å². The molecular formula is C18H22N2O2S. The van der Waals surface area contributed by atoms with Crippen LogP contribution in [0.1, 0.15) is 41.5 Å². The minimum Gasteiger partial charge on any atom is -0.484 e. The second-order valence-corrected chi connectivity index (χ2v) is 6.73. The summed E-state index contributed by atoms with van der Waals surface area (Å²) in [6, 6.07) is 11.8. The van der Waals surface area contributed by atoms with Crippen LogP contribution < -0.4 is 10.2 Å². The highest BCUT2D eigenvalue weighted by Gasteiger charge is 2.04. The van der Waals surface area contributed by atoms with Gasteiger partial charge in [0.25, 0.3) is 5.91 Å². The number of hydrogen-bond donors (Lipinski definition) is 1. The maximum Gasteiger partial charge on any atom is 0.277 e. The molecule has 122 valence electrons. The van der Waals surface area contributed by atoms with Crippen molar-refractivity contribution in [3.8, 4) is 5.75 Å². The summed E-state index contributed by atoms with van der Waals surface area (Å²) in [4.78, 5) is 13.9. The van der Waals surface area contributed by atoms with Crippen molar-refractivity contribution in [1.29, 1.82) is 0 Å². The molecule has 1 atom stereocenters. The zero-order chi connectivity index (χ0) is 16.7. The first kappa shape index (κ1) is 17.2. The third kappa shape index (κ3) is 5.53. The summed E-state index contributed by atoms with van der Waals surface area (Å²) in [6.45, 7) is 6.33. The Labute approximate surface area is 141 Å². The van der Waals surface area contributed by atoms with Crippen LogP contribution in [0.25, 0.3) is 0 Å². The van der Waals surface area contributed by atoms with Gasteiger partial charge in [-0.3, -0.25) is 4.79 Å². The summed E-state index contributed by atoms with van der Waals surface area (Å²) in [7, 11) is 0. The Bertz CT molecular complexity index is 662. The second kappa shape index (κ2) is 8.48. The van der Waals surface area contributed by atoms with E-state index in [1.54, 1.807) is 17.6 Å². The molecule has 1 N–H and O–H groups in total. The average Bonchev–Trinajstić information content (AvgIpc) is 2.98. The zero-order valence-corrected chi connectivity index (χ0v) is 14.5. The first-order chi connectivity index (χ1) is 11.1. The van der Waals surface area contributed by atoms with Crippen molar-refractivity contribution in [1.82, 2.24) is 5.43 Å². The van der Waals surface area contributed by atoms with E-state index in [1.165, 1.54) is 10.4 Å². The van der Waals surface area contributed by atoms with Crippen molar-refractivity contribution in [3.05, 3.63) is 51.7 Å². The van der Waals surface area contributed by atoms with Crippen LogP contribution in [0, 0.1) is 6.92 Å². The van der Waals surface area contributed by atoms with Gasteiger partial charge < -0.3 is 4.74 Å². The van der Waals surface area contributed by atoms with Crippen LogP contribution in [-0.2, 0) is 4.79 Å². The number of hydrazone groups is 1. The molecule has 0 saturated heterocycles.